The first-order valence-electron chi connectivity index (χ1n) is 7.41. The first-order chi connectivity index (χ1) is 10.0. The minimum absolute atomic E-state index is 0.114. The summed E-state index contributed by atoms with van der Waals surface area (Å²) in [5.74, 6) is 0.918. The smallest absolute Gasteiger partial charge is 0.225 e. The maximum atomic E-state index is 12.1. The van der Waals surface area contributed by atoms with Crippen molar-refractivity contribution >= 4 is 5.91 Å². The molecule has 1 saturated heterocycles. The fraction of sp³-hybridized carbons (Fsp3) is 0.529. The highest BCUT2D eigenvalue weighted by molar-refractivity contribution is 5.76. The van der Waals surface area contributed by atoms with Crippen molar-refractivity contribution in [1.29, 1.82) is 5.26 Å². The molecule has 1 heterocycles. The topological polar surface area (TPSA) is 53.3 Å². The zero-order valence-corrected chi connectivity index (χ0v) is 12.8. The predicted molar refractivity (Wildman–Crippen MR) is 80.8 cm³/mol. The van der Waals surface area contributed by atoms with E-state index in [1.807, 2.05) is 43.0 Å². The SMILES string of the molecule is Cc1cccc(OCCC(=O)N2CCC(C)(C#N)CC2)c1. The summed E-state index contributed by atoms with van der Waals surface area (Å²) >= 11 is 0. The van der Waals surface area contributed by atoms with Crippen LogP contribution >= 0.6 is 0 Å². The van der Waals surface area contributed by atoms with Gasteiger partial charge in [-0.05, 0) is 44.4 Å². The van der Waals surface area contributed by atoms with Gasteiger partial charge in [0.25, 0.3) is 0 Å². The molecule has 0 N–H and O–H groups in total. The summed E-state index contributed by atoms with van der Waals surface area (Å²) in [7, 11) is 0. The second kappa shape index (κ2) is 6.62. The molecule has 112 valence electrons. The number of carbonyl (C=O) groups is 1. The van der Waals surface area contributed by atoms with Gasteiger partial charge in [0.15, 0.2) is 0 Å². The molecule has 4 heteroatoms. The summed E-state index contributed by atoms with van der Waals surface area (Å²) in [5.41, 5.74) is 0.875. The first-order valence-corrected chi connectivity index (χ1v) is 7.41. The molecule has 1 aromatic rings. The second-order valence-corrected chi connectivity index (χ2v) is 5.97. The van der Waals surface area contributed by atoms with E-state index in [-0.39, 0.29) is 11.3 Å². The van der Waals surface area contributed by atoms with Crippen molar-refractivity contribution in [2.45, 2.75) is 33.1 Å². The van der Waals surface area contributed by atoms with Crippen LogP contribution in [-0.2, 0) is 4.79 Å². The molecule has 0 bridgehead atoms. The lowest BCUT2D eigenvalue weighted by atomic mass is 9.82. The Hall–Kier alpha value is -2.02. The van der Waals surface area contributed by atoms with Gasteiger partial charge in [-0.1, -0.05) is 12.1 Å². The Morgan fingerprint density at radius 3 is 2.76 bits per heavy atom. The molecule has 0 atom stereocenters. The molecule has 1 aromatic carbocycles. The molecule has 0 unspecified atom stereocenters. The fourth-order valence-corrected chi connectivity index (χ4v) is 2.48. The minimum Gasteiger partial charge on any atom is -0.493 e. The zero-order valence-electron chi connectivity index (χ0n) is 12.8. The molecule has 21 heavy (non-hydrogen) atoms. The van der Waals surface area contributed by atoms with Crippen molar-refractivity contribution in [3.63, 3.8) is 0 Å². The van der Waals surface area contributed by atoms with Gasteiger partial charge < -0.3 is 9.64 Å². The van der Waals surface area contributed by atoms with Crippen LogP contribution in [0.2, 0.25) is 0 Å². The predicted octanol–water partition coefficient (Wildman–Crippen LogP) is 2.92. The summed E-state index contributed by atoms with van der Waals surface area (Å²) in [6.07, 6.45) is 1.90. The second-order valence-electron chi connectivity index (χ2n) is 5.97. The van der Waals surface area contributed by atoms with Gasteiger partial charge in [0.2, 0.25) is 5.91 Å². The van der Waals surface area contributed by atoms with E-state index < -0.39 is 0 Å². The average molecular weight is 286 g/mol. The molecule has 0 spiro atoms. The van der Waals surface area contributed by atoms with Crippen molar-refractivity contribution in [1.82, 2.24) is 4.90 Å². The number of rotatable bonds is 4. The first kappa shape index (κ1) is 15.4. The zero-order chi connectivity index (χ0) is 15.3. The number of aryl methyl sites for hydroxylation is 1. The molecule has 1 aliphatic heterocycles. The largest absolute Gasteiger partial charge is 0.493 e. The number of hydrogen-bond donors (Lipinski definition) is 0. The van der Waals surface area contributed by atoms with Crippen molar-refractivity contribution in [3.8, 4) is 11.8 Å². The summed E-state index contributed by atoms with van der Waals surface area (Å²) in [4.78, 5) is 14.0. The molecule has 1 fully saturated rings. The Kier molecular flexibility index (Phi) is 4.85. The van der Waals surface area contributed by atoms with E-state index in [0.717, 1.165) is 24.2 Å². The van der Waals surface area contributed by atoms with Gasteiger partial charge in [-0.2, -0.15) is 5.26 Å². The number of hydrogen-bond acceptors (Lipinski definition) is 3. The lowest BCUT2D eigenvalue weighted by Gasteiger charge is -2.34. The maximum absolute atomic E-state index is 12.1. The molecule has 1 amide bonds. The molecule has 0 radical (unpaired) electrons. The Morgan fingerprint density at radius 2 is 2.14 bits per heavy atom. The maximum Gasteiger partial charge on any atom is 0.225 e. The number of nitrogens with zero attached hydrogens (tertiary/aromatic N) is 2. The molecule has 4 nitrogen and oxygen atoms in total. The molecule has 0 saturated carbocycles. The number of nitriles is 1. The van der Waals surface area contributed by atoms with Crippen molar-refractivity contribution in [2.24, 2.45) is 5.41 Å². The van der Waals surface area contributed by atoms with Gasteiger partial charge in [-0.25, -0.2) is 0 Å². The van der Waals surface area contributed by atoms with E-state index in [4.69, 9.17) is 10.00 Å². The van der Waals surface area contributed by atoms with E-state index in [9.17, 15) is 4.79 Å². The Balaban J connectivity index is 1.75. The van der Waals surface area contributed by atoms with Crippen LogP contribution in [-0.4, -0.2) is 30.5 Å². The lowest BCUT2D eigenvalue weighted by molar-refractivity contribution is -0.133. The highest BCUT2D eigenvalue weighted by atomic mass is 16.5. The third-order valence-corrected chi connectivity index (χ3v) is 4.06. The van der Waals surface area contributed by atoms with Crippen LogP contribution < -0.4 is 4.74 Å². The van der Waals surface area contributed by atoms with Crippen LogP contribution in [0, 0.1) is 23.7 Å². The van der Waals surface area contributed by atoms with Crippen LogP contribution in [0.1, 0.15) is 31.7 Å². The summed E-state index contributed by atoms with van der Waals surface area (Å²) in [6.45, 7) is 5.72. The standard InChI is InChI=1S/C17H22N2O2/c1-14-4-3-5-15(12-14)21-11-6-16(20)19-9-7-17(2,13-18)8-10-19/h3-5,12H,6-11H2,1-2H3. The number of piperidine rings is 1. The molecule has 0 aromatic heterocycles. The molecule has 0 aliphatic carbocycles. The van der Waals surface area contributed by atoms with Crippen LogP contribution in [0.3, 0.4) is 0 Å². The number of carbonyl (C=O) groups excluding carboxylic acids is 1. The number of ether oxygens (including phenoxy) is 1. The molecule has 1 aliphatic rings. The van der Waals surface area contributed by atoms with Gasteiger partial charge in [-0.15, -0.1) is 0 Å². The Bertz CT molecular complexity index is 540. The lowest BCUT2D eigenvalue weighted by Crippen LogP contribution is -2.42. The quantitative estimate of drug-likeness (QED) is 0.855. The average Bonchev–Trinajstić information content (AvgIpc) is 2.48. The van der Waals surface area contributed by atoms with Gasteiger partial charge in [0.1, 0.15) is 5.75 Å². The number of likely N-dealkylation sites (tertiary alicyclic amines) is 1. The summed E-state index contributed by atoms with van der Waals surface area (Å²) in [5, 5.41) is 9.09. The van der Waals surface area contributed by atoms with E-state index in [0.29, 0.717) is 26.1 Å². The third kappa shape index (κ3) is 4.22. The Labute approximate surface area is 126 Å². The van der Waals surface area contributed by atoms with Crippen molar-refractivity contribution in [2.75, 3.05) is 19.7 Å². The normalized spacial score (nSPS) is 17.1. The summed E-state index contributed by atoms with van der Waals surface area (Å²) < 4.78 is 5.61. The van der Waals surface area contributed by atoms with Gasteiger partial charge in [0.05, 0.1) is 24.5 Å². The van der Waals surface area contributed by atoms with Crippen LogP contribution in [0.4, 0.5) is 0 Å². The highest BCUT2D eigenvalue weighted by Gasteiger charge is 2.31. The van der Waals surface area contributed by atoms with E-state index in [2.05, 4.69) is 6.07 Å². The molecular formula is C17H22N2O2. The van der Waals surface area contributed by atoms with Crippen LogP contribution in [0.25, 0.3) is 0 Å². The molecular weight excluding hydrogens is 264 g/mol. The summed E-state index contributed by atoms with van der Waals surface area (Å²) in [6, 6.07) is 10.2. The molecule has 2 rings (SSSR count). The van der Waals surface area contributed by atoms with Gasteiger partial charge >= 0.3 is 0 Å². The van der Waals surface area contributed by atoms with E-state index >= 15 is 0 Å². The van der Waals surface area contributed by atoms with Crippen molar-refractivity contribution < 1.29 is 9.53 Å². The highest BCUT2D eigenvalue weighted by Crippen LogP contribution is 2.29. The fourth-order valence-electron chi connectivity index (χ4n) is 2.48. The third-order valence-electron chi connectivity index (χ3n) is 4.06. The van der Waals surface area contributed by atoms with Gasteiger partial charge in [-0.3, -0.25) is 4.79 Å². The van der Waals surface area contributed by atoms with E-state index in [1.54, 1.807) is 0 Å². The van der Waals surface area contributed by atoms with Crippen molar-refractivity contribution in [3.05, 3.63) is 29.8 Å². The van der Waals surface area contributed by atoms with Gasteiger partial charge in [0, 0.05) is 13.1 Å². The monoisotopic (exact) mass is 286 g/mol. The van der Waals surface area contributed by atoms with E-state index in [1.165, 1.54) is 0 Å². The Morgan fingerprint density at radius 1 is 1.43 bits per heavy atom. The van der Waals surface area contributed by atoms with Crippen LogP contribution in [0.15, 0.2) is 24.3 Å². The number of benzene rings is 1. The van der Waals surface area contributed by atoms with Crippen LogP contribution in [0.5, 0.6) is 5.75 Å². The number of amides is 1. The minimum atomic E-state index is -0.269.